The monoisotopic (exact) mass is 244 g/mol. The lowest BCUT2D eigenvalue weighted by Gasteiger charge is -2.35. The first-order valence-electron chi connectivity index (χ1n) is 6.55. The molecule has 0 saturated carbocycles. The van der Waals surface area contributed by atoms with Crippen molar-refractivity contribution in [2.24, 2.45) is 5.73 Å². The lowest BCUT2D eigenvalue weighted by atomic mass is 9.96. The Kier molecular flexibility index (Phi) is 5.86. The van der Waals surface area contributed by atoms with Gasteiger partial charge in [-0.2, -0.15) is 0 Å². The normalized spacial score (nSPS) is 24.9. The largest absolute Gasteiger partial charge is 0.380 e. The molecule has 0 spiro atoms. The zero-order chi connectivity index (χ0) is 12.9. The molecule has 1 rings (SSSR count). The molecule has 0 aromatic heterocycles. The molecule has 2 N–H and O–H groups in total. The van der Waals surface area contributed by atoms with Crippen molar-refractivity contribution in [2.75, 3.05) is 33.9 Å². The molecule has 0 aromatic carbocycles. The van der Waals surface area contributed by atoms with Crippen molar-refractivity contribution in [3.05, 3.63) is 0 Å². The van der Waals surface area contributed by atoms with Crippen molar-refractivity contribution < 1.29 is 9.47 Å². The predicted octanol–water partition coefficient (Wildman–Crippen LogP) is 1.24. The quantitative estimate of drug-likeness (QED) is 0.763. The Hall–Kier alpha value is -0.160. The van der Waals surface area contributed by atoms with Gasteiger partial charge in [0.15, 0.2) is 0 Å². The van der Waals surface area contributed by atoms with Crippen molar-refractivity contribution >= 4 is 0 Å². The van der Waals surface area contributed by atoms with E-state index in [1.807, 2.05) is 13.8 Å². The fraction of sp³-hybridized carbons (Fsp3) is 1.00. The summed E-state index contributed by atoms with van der Waals surface area (Å²) < 4.78 is 10.8. The molecule has 0 radical (unpaired) electrons. The third-order valence-corrected chi connectivity index (χ3v) is 3.97. The predicted molar refractivity (Wildman–Crippen MR) is 70.2 cm³/mol. The van der Waals surface area contributed by atoms with E-state index < -0.39 is 0 Å². The zero-order valence-corrected chi connectivity index (χ0v) is 11.7. The summed E-state index contributed by atoms with van der Waals surface area (Å²) in [5.41, 5.74) is 5.92. The third kappa shape index (κ3) is 4.54. The van der Waals surface area contributed by atoms with Gasteiger partial charge in [0.05, 0.1) is 11.7 Å². The summed E-state index contributed by atoms with van der Waals surface area (Å²) in [6.07, 6.45) is 3.77. The van der Waals surface area contributed by atoms with E-state index in [0.29, 0.717) is 6.10 Å². The summed E-state index contributed by atoms with van der Waals surface area (Å²) in [5, 5.41) is 0. The van der Waals surface area contributed by atoms with Crippen LogP contribution in [0.3, 0.4) is 0 Å². The molecule has 1 aliphatic heterocycles. The Balaban J connectivity index is 2.30. The van der Waals surface area contributed by atoms with Crippen LogP contribution < -0.4 is 5.73 Å². The molecule has 0 aliphatic carbocycles. The molecule has 1 saturated heterocycles. The van der Waals surface area contributed by atoms with Crippen molar-refractivity contribution in [1.82, 2.24) is 4.90 Å². The molecule has 1 heterocycles. The van der Waals surface area contributed by atoms with E-state index in [2.05, 4.69) is 4.90 Å². The number of likely N-dealkylation sites (tertiary alicyclic amines) is 1. The van der Waals surface area contributed by atoms with Crippen molar-refractivity contribution in [3.63, 3.8) is 0 Å². The van der Waals surface area contributed by atoms with Crippen LogP contribution in [-0.4, -0.2) is 56.5 Å². The summed E-state index contributed by atoms with van der Waals surface area (Å²) >= 11 is 0. The summed E-state index contributed by atoms with van der Waals surface area (Å²) in [4.78, 5) is 2.45. The van der Waals surface area contributed by atoms with Gasteiger partial charge < -0.3 is 20.1 Å². The maximum atomic E-state index is 6.16. The molecule has 4 nitrogen and oxygen atoms in total. The van der Waals surface area contributed by atoms with Crippen LogP contribution in [0, 0.1) is 0 Å². The molecule has 0 bridgehead atoms. The second-order valence-corrected chi connectivity index (χ2v) is 5.50. The van der Waals surface area contributed by atoms with Gasteiger partial charge in [0.2, 0.25) is 0 Å². The number of methoxy groups -OCH3 is 2. The Morgan fingerprint density at radius 1 is 1.41 bits per heavy atom. The van der Waals surface area contributed by atoms with Gasteiger partial charge in [-0.15, -0.1) is 0 Å². The number of ether oxygens (including phenoxy) is 2. The van der Waals surface area contributed by atoms with Crippen molar-refractivity contribution in [3.8, 4) is 0 Å². The Morgan fingerprint density at radius 2 is 2.12 bits per heavy atom. The topological polar surface area (TPSA) is 47.7 Å². The van der Waals surface area contributed by atoms with Crippen molar-refractivity contribution in [2.45, 2.75) is 50.9 Å². The maximum Gasteiger partial charge on any atom is 0.0773 e. The van der Waals surface area contributed by atoms with E-state index in [9.17, 15) is 0 Å². The molecule has 2 atom stereocenters. The first-order chi connectivity index (χ1) is 7.99. The summed E-state index contributed by atoms with van der Waals surface area (Å²) in [7, 11) is 3.52. The Bertz CT molecular complexity index is 221. The molecule has 0 aromatic rings. The fourth-order valence-electron chi connectivity index (χ4n) is 2.23. The van der Waals surface area contributed by atoms with Crippen LogP contribution in [0.25, 0.3) is 0 Å². The highest BCUT2D eigenvalue weighted by atomic mass is 16.5. The molecule has 1 fully saturated rings. The lowest BCUT2D eigenvalue weighted by Crippen LogP contribution is -2.48. The minimum atomic E-state index is -0.240. The van der Waals surface area contributed by atoms with E-state index in [1.54, 1.807) is 14.2 Å². The molecule has 0 amide bonds. The number of hydrogen-bond donors (Lipinski definition) is 1. The fourth-order valence-corrected chi connectivity index (χ4v) is 2.23. The van der Waals surface area contributed by atoms with E-state index in [0.717, 1.165) is 19.5 Å². The van der Waals surface area contributed by atoms with E-state index in [-0.39, 0.29) is 11.6 Å². The van der Waals surface area contributed by atoms with Gasteiger partial charge in [-0.1, -0.05) is 0 Å². The molecule has 1 aliphatic rings. The summed E-state index contributed by atoms with van der Waals surface area (Å²) in [6.45, 7) is 7.34. The molecule has 17 heavy (non-hydrogen) atoms. The summed E-state index contributed by atoms with van der Waals surface area (Å²) in [6, 6.07) is 0.0791. The van der Waals surface area contributed by atoms with Crippen LogP contribution in [0.1, 0.15) is 33.1 Å². The number of piperidine rings is 1. The Labute approximate surface area is 105 Å². The van der Waals surface area contributed by atoms with Gasteiger partial charge in [0, 0.05) is 26.8 Å². The van der Waals surface area contributed by atoms with Crippen LogP contribution in [0.15, 0.2) is 0 Å². The summed E-state index contributed by atoms with van der Waals surface area (Å²) in [5.74, 6) is 0. The van der Waals surface area contributed by atoms with Gasteiger partial charge in [-0.25, -0.2) is 0 Å². The minimum absolute atomic E-state index is 0.0791. The highest BCUT2D eigenvalue weighted by Crippen LogP contribution is 2.17. The number of nitrogens with two attached hydrogens (primary N) is 1. The molecule has 2 unspecified atom stereocenters. The molecule has 102 valence electrons. The van der Waals surface area contributed by atoms with Crippen LogP contribution in [0.5, 0.6) is 0 Å². The van der Waals surface area contributed by atoms with E-state index >= 15 is 0 Å². The molecule has 4 heteroatoms. The van der Waals surface area contributed by atoms with Crippen LogP contribution in [0.2, 0.25) is 0 Å². The van der Waals surface area contributed by atoms with Crippen LogP contribution >= 0.6 is 0 Å². The highest BCUT2D eigenvalue weighted by molar-refractivity contribution is 4.84. The second kappa shape index (κ2) is 6.69. The molecular formula is C13H28N2O2. The number of rotatable bonds is 6. The van der Waals surface area contributed by atoms with Gasteiger partial charge in [0.1, 0.15) is 0 Å². The third-order valence-electron chi connectivity index (χ3n) is 3.97. The van der Waals surface area contributed by atoms with Crippen molar-refractivity contribution in [1.29, 1.82) is 0 Å². The van der Waals surface area contributed by atoms with Crippen LogP contribution in [-0.2, 0) is 9.47 Å². The Morgan fingerprint density at radius 3 is 2.71 bits per heavy atom. The highest BCUT2D eigenvalue weighted by Gasteiger charge is 2.27. The number of nitrogens with zero attached hydrogens (tertiary/aromatic N) is 1. The van der Waals surface area contributed by atoms with Crippen LogP contribution in [0.4, 0.5) is 0 Å². The van der Waals surface area contributed by atoms with E-state index in [4.69, 9.17) is 15.2 Å². The van der Waals surface area contributed by atoms with Gasteiger partial charge in [-0.3, -0.25) is 0 Å². The average molecular weight is 244 g/mol. The van der Waals surface area contributed by atoms with E-state index in [1.165, 1.54) is 19.4 Å². The SMILES string of the molecule is COC1CCCN(CCC(N)C(C)(C)OC)C1. The molecular weight excluding hydrogens is 216 g/mol. The maximum absolute atomic E-state index is 6.16. The lowest BCUT2D eigenvalue weighted by molar-refractivity contribution is -0.00862. The standard InChI is InChI=1S/C13H28N2O2/c1-13(2,17-4)12(14)7-9-15-8-5-6-11(10-15)16-3/h11-12H,5-10,14H2,1-4H3. The average Bonchev–Trinajstić information content (AvgIpc) is 2.36. The first kappa shape index (κ1) is 14.9. The smallest absolute Gasteiger partial charge is 0.0773 e. The number of hydrogen-bond acceptors (Lipinski definition) is 4. The second-order valence-electron chi connectivity index (χ2n) is 5.50. The minimum Gasteiger partial charge on any atom is -0.380 e. The van der Waals surface area contributed by atoms with Gasteiger partial charge in [0.25, 0.3) is 0 Å². The zero-order valence-electron chi connectivity index (χ0n) is 11.7. The first-order valence-corrected chi connectivity index (χ1v) is 6.55. The van der Waals surface area contributed by atoms with Gasteiger partial charge in [-0.05, 0) is 46.2 Å². The van der Waals surface area contributed by atoms with Gasteiger partial charge >= 0.3 is 0 Å².